The molecular formula is C11H12F4N2O. The van der Waals surface area contributed by atoms with Crippen molar-refractivity contribution >= 4 is 5.69 Å². The minimum Gasteiger partial charge on any atom is -0.393 e. The van der Waals surface area contributed by atoms with Gasteiger partial charge in [-0.1, -0.05) is 0 Å². The van der Waals surface area contributed by atoms with Crippen LogP contribution in [0.1, 0.15) is 13.3 Å². The zero-order valence-electron chi connectivity index (χ0n) is 9.63. The summed E-state index contributed by atoms with van der Waals surface area (Å²) in [6, 6.07) is 0. The van der Waals surface area contributed by atoms with E-state index in [4.69, 9.17) is 0 Å². The van der Waals surface area contributed by atoms with Crippen molar-refractivity contribution in [3.8, 4) is 0 Å². The highest BCUT2D eigenvalue weighted by Gasteiger charge is 2.32. The molecule has 2 atom stereocenters. The first-order valence-electron chi connectivity index (χ1n) is 5.54. The van der Waals surface area contributed by atoms with E-state index >= 15 is 0 Å². The minimum absolute atomic E-state index is 0.147. The molecule has 0 spiro atoms. The van der Waals surface area contributed by atoms with Crippen molar-refractivity contribution in [3.63, 3.8) is 0 Å². The Labute approximate surface area is 101 Å². The van der Waals surface area contributed by atoms with Gasteiger partial charge in [0.25, 0.3) is 11.9 Å². The molecule has 1 aromatic rings. The van der Waals surface area contributed by atoms with Crippen LogP contribution in [0.15, 0.2) is 0 Å². The summed E-state index contributed by atoms with van der Waals surface area (Å²) in [4.78, 5) is 3.69. The van der Waals surface area contributed by atoms with Crippen LogP contribution in [-0.4, -0.2) is 29.3 Å². The molecule has 0 radical (unpaired) electrons. The fraction of sp³-hybridized carbons (Fsp3) is 0.545. The summed E-state index contributed by atoms with van der Waals surface area (Å²) in [6.07, 6.45) is -0.139. The Balaban J connectivity index is 2.35. The number of nitrogens with zero attached hydrogens (tertiary/aromatic N) is 2. The van der Waals surface area contributed by atoms with Gasteiger partial charge >= 0.3 is 0 Å². The molecule has 2 rings (SSSR count). The van der Waals surface area contributed by atoms with Crippen LogP contribution in [0.5, 0.6) is 0 Å². The summed E-state index contributed by atoms with van der Waals surface area (Å²) in [6.45, 7) is 1.94. The van der Waals surface area contributed by atoms with Gasteiger partial charge in [0.1, 0.15) is 5.69 Å². The SMILES string of the molecule is CC(O)C1CCN(c2c(F)c(F)nc(F)c2F)C1. The van der Waals surface area contributed by atoms with Gasteiger partial charge < -0.3 is 10.0 Å². The number of pyridine rings is 1. The Morgan fingerprint density at radius 2 is 1.78 bits per heavy atom. The lowest BCUT2D eigenvalue weighted by molar-refractivity contribution is 0.136. The van der Waals surface area contributed by atoms with E-state index in [1.807, 2.05) is 0 Å². The molecule has 1 aromatic heterocycles. The zero-order chi connectivity index (χ0) is 13.4. The number of hydrogen-bond donors (Lipinski definition) is 1. The first-order chi connectivity index (χ1) is 8.41. The smallest absolute Gasteiger partial charge is 0.253 e. The molecule has 1 fully saturated rings. The molecular weight excluding hydrogens is 252 g/mol. The van der Waals surface area contributed by atoms with E-state index < -0.39 is 35.3 Å². The van der Waals surface area contributed by atoms with Crippen LogP contribution in [-0.2, 0) is 0 Å². The zero-order valence-corrected chi connectivity index (χ0v) is 9.63. The molecule has 3 nitrogen and oxygen atoms in total. The molecule has 1 aliphatic rings. The van der Waals surface area contributed by atoms with Gasteiger partial charge in [-0.05, 0) is 13.3 Å². The molecule has 1 N–H and O–H groups in total. The molecule has 18 heavy (non-hydrogen) atoms. The molecule has 7 heteroatoms. The maximum atomic E-state index is 13.5. The van der Waals surface area contributed by atoms with Gasteiger partial charge in [0, 0.05) is 19.0 Å². The van der Waals surface area contributed by atoms with Crippen molar-refractivity contribution in [2.24, 2.45) is 5.92 Å². The first-order valence-corrected chi connectivity index (χ1v) is 5.54. The highest BCUT2D eigenvalue weighted by Crippen LogP contribution is 2.31. The van der Waals surface area contributed by atoms with Crippen LogP contribution >= 0.6 is 0 Å². The Hall–Kier alpha value is -1.37. The lowest BCUT2D eigenvalue weighted by Crippen LogP contribution is -2.26. The largest absolute Gasteiger partial charge is 0.393 e. The number of anilines is 1. The molecule has 0 amide bonds. The van der Waals surface area contributed by atoms with E-state index in [1.54, 1.807) is 6.92 Å². The fourth-order valence-corrected chi connectivity index (χ4v) is 2.14. The molecule has 0 aliphatic carbocycles. The van der Waals surface area contributed by atoms with Crippen molar-refractivity contribution in [2.45, 2.75) is 19.4 Å². The second kappa shape index (κ2) is 4.72. The van der Waals surface area contributed by atoms with E-state index in [1.165, 1.54) is 4.90 Å². The molecule has 100 valence electrons. The summed E-state index contributed by atoms with van der Waals surface area (Å²) >= 11 is 0. The summed E-state index contributed by atoms with van der Waals surface area (Å²) in [5.74, 6) is -6.50. The maximum absolute atomic E-state index is 13.5. The Morgan fingerprint density at radius 3 is 2.22 bits per heavy atom. The van der Waals surface area contributed by atoms with Gasteiger partial charge in [-0.2, -0.15) is 22.5 Å². The van der Waals surface area contributed by atoms with Gasteiger partial charge in [0.2, 0.25) is 11.6 Å². The molecule has 0 saturated carbocycles. The fourth-order valence-electron chi connectivity index (χ4n) is 2.14. The number of rotatable bonds is 2. The topological polar surface area (TPSA) is 36.4 Å². The van der Waals surface area contributed by atoms with E-state index in [9.17, 15) is 22.7 Å². The number of aliphatic hydroxyl groups excluding tert-OH is 1. The second-order valence-corrected chi connectivity index (χ2v) is 4.41. The van der Waals surface area contributed by atoms with Crippen molar-refractivity contribution in [1.82, 2.24) is 4.98 Å². The Kier molecular flexibility index (Phi) is 3.43. The summed E-state index contributed by atoms with van der Waals surface area (Å²) < 4.78 is 52.9. The summed E-state index contributed by atoms with van der Waals surface area (Å²) in [7, 11) is 0. The van der Waals surface area contributed by atoms with Gasteiger partial charge in [0.15, 0.2) is 0 Å². The van der Waals surface area contributed by atoms with E-state index in [0.717, 1.165) is 0 Å². The third-order valence-corrected chi connectivity index (χ3v) is 3.20. The van der Waals surface area contributed by atoms with Gasteiger partial charge in [-0.15, -0.1) is 0 Å². The highest BCUT2D eigenvalue weighted by molar-refractivity contribution is 5.49. The average Bonchev–Trinajstić information content (AvgIpc) is 2.76. The first kappa shape index (κ1) is 13.1. The van der Waals surface area contributed by atoms with Crippen molar-refractivity contribution < 1.29 is 22.7 Å². The van der Waals surface area contributed by atoms with Crippen LogP contribution in [0.25, 0.3) is 0 Å². The molecule has 1 saturated heterocycles. The van der Waals surface area contributed by atoms with Crippen molar-refractivity contribution in [3.05, 3.63) is 23.5 Å². The van der Waals surface area contributed by atoms with Crippen LogP contribution < -0.4 is 4.90 Å². The average molecular weight is 264 g/mol. The lowest BCUT2D eigenvalue weighted by Gasteiger charge is -2.20. The van der Waals surface area contributed by atoms with E-state index in [2.05, 4.69) is 4.98 Å². The number of halogens is 4. The van der Waals surface area contributed by atoms with Crippen LogP contribution in [0.3, 0.4) is 0 Å². The van der Waals surface area contributed by atoms with Crippen LogP contribution in [0.2, 0.25) is 0 Å². The molecule has 1 aliphatic heterocycles. The van der Waals surface area contributed by atoms with Gasteiger partial charge in [0.05, 0.1) is 6.10 Å². The number of aromatic nitrogens is 1. The quantitative estimate of drug-likeness (QED) is 0.654. The second-order valence-electron chi connectivity index (χ2n) is 4.41. The van der Waals surface area contributed by atoms with Crippen molar-refractivity contribution in [1.29, 1.82) is 0 Å². The Bertz CT molecular complexity index is 441. The molecule has 0 bridgehead atoms. The third-order valence-electron chi connectivity index (χ3n) is 3.20. The molecule has 2 unspecified atom stereocenters. The summed E-state index contributed by atoms with van der Waals surface area (Å²) in [5.41, 5.74) is -0.747. The lowest BCUT2D eigenvalue weighted by atomic mass is 10.0. The molecule has 0 aromatic carbocycles. The maximum Gasteiger partial charge on any atom is 0.253 e. The normalized spacial score (nSPS) is 21.4. The van der Waals surface area contributed by atoms with Crippen LogP contribution in [0.4, 0.5) is 23.2 Å². The Morgan fingerprint density at radius 1 is 1.22 bits per heavy atom. The molecule has 2 heterocycles. The van der Waals surface area contributed by atoms with Gasteiger partial charge in [-0.25, -0.2) is 0 Å². The monoisotopic (exact) mass is 264 g/mol. The van der Waals surface area contributed by atoms with E-state index in [0.29, 0.717) is 6.42 Å². The van der Waals surface area contributed by atoms with Crippen molar-refractivity contribution in [2.75, 3.05) is 18.0 Å². The minimum atomic E-state index is -1.66. The van der Waals surface area contributed by atoms with Crippen LogP contribution in [0, 0.1) is 29.4 Å². The predicted octanol–water partition coefficient (Wildman–Crippen LogP) is 1.85. The number of aliphatic hydroxyl groups is 1. The summed E-state index contributed by atoms with van der Waals surface area (Å²) in [5, 5.41) is 9.39. The standard InChI is InChI=1S/C11H12F4N2O/c1-5(18)6-2-3-17(4-6)9-7(12)10(14)16-11(15)8(9)13/h5-6,18H,2-4H2,1H3. The highest BCUT2D eigenvalue weighted by atomic mass is 19.2. The number of hydrogen-bond acceptors (Lipinski definition) is 3. The van der Waals surface area contributed by atoms with E-state index in [-0.39, 0.29) is 19.0 Å². The van der Waals surface area contributed by atoms with Gasteiger partial charge in [-0.3, -0.25) is 0 Å². The third kappa shape index (κ3) is 2.14. The predicted molar refractivity (Wildman–Crippen MR) is 56.1 cm³/mol.